The quantitative estimate of drug-likeness (QED) is 0.674. The molecule has 0 aliphatic heterocycles. The Hall–Kier alpha value is -0.220. The first-order valence-corrected chi connectivity index (χ1v) is 6.05. The maximum atomic E-state index is 10.5. The molecule has 1 rings (SSSR count). The fraction of sp³-hybridized carbons (Fsp3) is 0.889. The molecular weight excluding hydrogens is 186 g/mol. The van der Waals surface area contributed by atoms with Crippen molar-refractivity contribution in [1.29, 1.82) is 0 Å². The summed E-state index contributed by atoms with van der Waals surface area (Å²) in [6.45, 7) is 2.09. The zero-order valence-corrected chi connectivity index (χ0v) is 8.85. The van der Waals surface area contributed by atoms with Gasteiger partial charge in [-0.3, -0.25) is 9.69 Å². The number of hydrogen-bond donors (Lipinski definition) is 1. The maximum Gasteiger partial charge on any atom is 0.317 e. The van der Waals surface area contributed by atoms with Crippen LogP contribution in [0.3, 0.4) is 0 Å². The van der Waals surface area contributed by atoms with Crippen molar-refractivity contribution in [2.24, 2.45) is 5.92 Å². The molecule has 76 valence electrons. The van der Waals surface area contributed by atoms with Gasteiger partial charge in [0.15, 0.2) is 0 Å². The standard InChI is InChI=1S/C9H17NO2S/c1-13-5-4-10(7-9(11)12)6-8-2-3-8/h8H,2-7H2,1H3,(H,11,12). The number of nitrogens with zero attached hydrogens (tertiary/aromatic N) is 1. The van der Waals surface area contributed by atoms with Crippen molar-refractivity contribution in [3.05, 3.63) is 0 Å². The van der Waals surface area contributed by atoms with Crippen molar-refractivity contribution in [3.8, 4) is 0 Å². The molecule has 0 aromatic carbocycles. The third-order valence-electron chi connectivity index (χ3n) is 2.18. The lowest BCUT2D eigenvalue weighted by Gasteiger charge is -2.19. The molecule has 1 fully saturated rings. The van der Waals surface area contributed by atoms with Gasteiger partial charge in [0.25, 0.3) is 0 Å². The summed E-state index contributed by atoms with van der Waals surface area (Å²) in [5, 5.41) is 8.67. The zero-order valence-electron chi connectivity index (χ0n) is 8.03. The topological polar surface area (TPSA) is 40.5 Å². The highest BCUT2D eigenvalue weighted by atomic mass is 32.2. The first kappa shape index (κ1) is 10.9. The summed E-state index contributed by atoms with van der Waals surface area (Å²) in [5.74, 6) is 1.10. The summed E-state index contributed by atoms with van der Waals surface area (Å²) in [7, 11) is 0. The van der Waals surface area contributed by atoms with Crippen LogP contribution in [0.2, 0.25) is 0 Å². The molecule has 4 heteroatoms. The van der Waals surface area contributed by atoms with Crippen LogP contribution in [-0.2, 0) is 4.79 Å². The summed E-state index contributed by atoms with van der Waals surface area (Å²) < 4.78 is 0. The molecule has 0 spiro atoms. The molecule has 0 radical (unpaired) electrons. The largest absolute Gasteiger partial charge is 0.480 e. The SMILES string of the molecule is CSCCN(CC(=O)O)CC1CC1. The second-order valence-electron chi connectivity index (χ2n) is 3.57. The molecule has 0 saturated heterocycles. The van der Waals surface area contributed by atoms with E-state index >= 15 is 0 Å². The molecule has 1 aliphatic carbocycles. The molecule has 3 nitrogen and oxygen atoms in total. The second kappa shape index (κ2) is 5.50. The predicted octanol–water partition coefficient (Wildman–Crippen LogP) is 1.15. The molecule has 0 aromatic rings. The molecule has 1 aliphatic rings. The summed E-state index contributed by atoms with van der Waals surface area (Å²) >= 11 is 1.77. The first-order chi connectivity index (χ1) is 6.22. The van der Waals surface area contributed by atoms with Crippen LogP contribution in [0.25, 0.3) is 0 Å². The average molecular weight is 203 g/mol. The number of carboxylic acid groups (broad SMARTS) is 1. The van der Waals surface area contributed by atoms with E-state index in [1.54, 1.807) is 11.8 Å². The van der Waals surface area contributed by atoms with Crippen molar-refractivity contribution >= 4 is 17.7 Å². The van der Waals surface area contributed by atoms with Crippen LogP contribution < -0.4 is 0 Å². The van der Waals surface area contributed by atoms with Crippen LogP contribution in [0.4, 0.5) is 0 Å². The van der Waals surface area contributed by atoms with Gasteiger partial charge in [-0.15, -0.1) is 0 Å². The number of rotatable bonds is 7. The van der Waals surface area contributed by atoms with Crippen LogP contribution in [0.15, 0.2) is 0 Å². The molecule has 0 atom stereocenters. The van der Waals surface area contributed by atoms with Crippen LogP contribution in [0.1, 0.15) is 12.8 Å². The van der Waals surface area contributed by atoms with Crippen molar-refractivity contribution in [2.45, 2.75) is 12.8 Å². The van der Waals surface area contributed by atoms with Crippen molar-refractivity contribution < 1.29 is 9.90 Å². The number of aliphatic carboxylic acids is 1. The van der Waals surface area contributed by atoms with E-state index in [2.05, 4.69) is 11.2 Å². The smallest absolute Gasteiger partial charge is 0.317 e. The minimum atomic E-state index is -0.707. The highest BCUT2D eigenvalue weighted by Crippen LogP contribution is 2.29. The third kappa shape index (κ3) is 5.16. The first-order valence-electron chi connectivity index (χ1n) is 4.65. The van der Waals surface area contributed by atoms with Gasteiger partial charge >= 0.3 is 5.97 Å². The van der Waals surface area contributed by atoms with Gasteiger partial charge in [0.05, 0.1) is 6.54 Å². The molecule has 0 aromatic heterocycles. The second-order valence-corrected chi connectivity index (χ2v) is 4.55. The van der Waals surface area contributed by atoms with Crippen LogP contribution in [0, 0.1) is 5.92 Å². The minimum absolute atomic E-state index is 0.205. The van der Waals surface area contributed by atoms with Crippen LogP contribution in [0.5, 0.6) is 0 Å². The van der Waals surface area contributed by atoms with E-state index in [1.807, 2.05) is 0 Å². The van der Waals surface area contributed by atoms with E-state index in [-0.39, 0.29) is 6.54 Å². The molecule has 1 saturated carbocycles. The zero-order chi connectivity index (χ0) is 9.68. The number of thioether (sulfide) groups is 1. The fourth-order valence-electron chi connectivity index (χ4n) is 1.31. The summed E-state index contributed by atoms with van der Waals surface area (Å²) in [4.78, 5) is 12.6. The lowest BCUT2D eigenvalue weighted by molar-refractivity contribution is -0.138. The Morgan fingerprint density at radius 3 is 2.77 bits per heavy atom. The number of hydrogen-bond acceptors (Lipinski definition) is 3. The van der Waals surface area contributed by atoms with E-state index in [1.165, 1.54) is 12.8 Å². The summed E-state index contributed by atoms with van der Waals surface area (Å²) in [6.07, 6.45) is 4.63. The van der Waals surface area contributed by atoms with Crippen LogP contribution in [-0.4, -0.2) is 47.6 Å². The molecule has 0 bridgehead atoms. The molecular formula is C9H17NO2S. The van der Waals surface area contributed by atoms with Crippen molar-refractivity contribution in [3.63, 3.8) is 0 Å². The van der Waals surface area contributed by atoms with Gasteiger partial charge in [0.2, 0.25) is 0 Å². The van der Waals surface area contributed by atoms with Gasteiger partial charge in [-0.1, -0.05) is 0 Å². The highest BCUT2D eigenvalue weighted by molar-refractivity contribution is 7.98. The molecule has 13 heavy (non-hydrogen) atoms. The van der Waals surface area contributed by atoms with Gasteiger partial charge in [-0.05, 0) is 25.0 Å². The monoisotopic (exact) mass is 203 g/mol. The van der Waals surface area contributed by atoms with E-state index in [9.17, 15) is 4.79 Å². The Morgan fingerprint density at radius 1 is 1.62 bits per heavy atom. The predicted molar refractivity (Wildman–Crippen MR) is 55.2 cm³/mol. The summed E-state index contributed by atoms with van der Waals surface area (Å²) in [6, 6.07) is 0. The van der Waals surface area contributed by atoms with Gasteiger partial charge in [-0.25, -0.2) is 0 Å². The Bertz CT molecular complexity index is 171. The van der Waals surface area contributed by atoms with Gasteiger partial charge in [0.1, 0.15) is 0 Å². The van der Waals surface area contributed by atoms with E-state index in [4.69, 9.17) is 5.11 Å². The number of carbonyl (C=O) groups is 1. The minimum Gasteiger partial charge on any atom is -0.480 e. The van der Waals surface area contributed by atoms with E-state index in [0.717, 1.165) is 24.8 Å². The molecule has 0 unspecified atom stereocenters. The Labute approximate surface area is 83.5 Å². The van der Waals surface area contributed by atoms with Crippen molar-refractivity contribution in [1.82, 2.24) is 4.90 Å². The van der Waals surface area contributed by atoms with Gasteiger partial charge in [0, 0.05) is 18.8 Å². The Balaban J connectivity index is 2.19. The van der Waals surface area contributed by atoms with E-state index in [0.29, 0.717) is 0 Å². The van der Waals surface area contributed by atoms with Gasteiger partial charge < -0.3 is 5.11 Å². The van der Waals surface area contributed by atoms with Crippen molar-refractivity contribution in [2.75, 3.05) is 31.6 Å². The lowest BCUT2D eigenvalue weighted by Crippen LogP contribution is -2.33. The Morgan fingerprint density at radius 2 is 2.31 bits per heavy atom. The van der Waals surface area contributed by atoms with Gasteiger partial charge in [-0.2, -0.15) is 11.8 Å². The number of carboxylic acids is 1. The lowest BCUT2D eigenvalue weighted by atomic mass is 10.3. The summed E-state index contributed by atoms with van der Waals surface area (Å²) in [5.41, 5.74) is 0. The Kier molecular flexibility index (Phi) is 4.59. The normalized spacial score (nSPS) is 16.5. The average Bonchev–Trinajstić information content (AvgIpc) is 2.83. The molecule has 1 N–H and O–H groups in total. The fourth-order valence-corrected chi connectivity index (χ4v) is 1.75. The van der Waals surface area contributed by atoms with E-state index < -0.39 is 5.97 Å². The maximum absolute atomic E-state index is 10.5. The highest BCUT2D eigenvalue weighted by Gasteiger charge is 2.24. The van der Waals surface area contributed by atoms with Crippen LogP contribution >= 0.6 is 11.8 Å². The molecule has 0 amide bonds. The third-order valence-corrected chi connectivity index (χ3v) is 2.77. The molecule has 0 heterocycles.